The summed E-state index contributed by atoms with van der Waals surface area (Å²) in [5.74, 6) is -0.211. The molecule has 2 rings (SSSR count). The Morgan fingerprint density at radius 1 is 1.30 bits per heavy atom. The van der Waals surface area contributed by atoms with Crippen LogP contribution in [0.2, 0.25) is 0 Å². The lowest BCUT2D eigenvalue weighted by Crippen LogP contribution is -2.26. The van der Waals surface area contributed by atoms with Crippen LogP contribution in [0.5, 0.6) is 0 Å². The van der Waals surface area contributed by atoms with Gasteiger partial charge in [-0.1, -0.05) is 0 Å². The molecule has 0 radical (unpaired) electrons. The Hall–Kier alpha value is -1.62. The average Bonchev–Trinajstić information content (AvgIpc) is 2.92. The molecule has 0 fully saturated rings. The highest BCUT2D eigenvalue weighted by Crippen LogP contribution is 2.25. The molecule has 0 saturated heterocycles. The Morgan fingerprint density at radius 3 is 2.60 bits per heavy atom. The van der Waals surface area contributed by atoms with E-state index in [1.54, 1.807) is 16.8 Å². The van der Waals surface area contributed by atoms with Gasteiger partial charge in [0.1, 0.15) is 5.82 Å². The molecule has 5 heteroatoms. The first-order chi connectivity index (χ1) is 9.49. The van der Waals surface area contributed by atoms with Crippen molar-refractivity contribution in [1.29, 1.82) is 0 Å². The van der Waals surface area contributed by atoms with E-state index in [4.69, 9.17) is 0 Å². The first-order valence-electron chi connectivity index (χ1n) is 6.66. The fourth-order valence-corrected chi connectivity index (χ4v) is 2.57. The maximum Gasteiger partial charge on any atom is 0.148 e. The largest absolute Gasteiger partial charge is 0.377 e. The van der Waals surface area contributed by atoms with Crippen molar-refractivity contribution in [3.63, 3.8) is 0 Å². The predicted octanol–water partition coefficient (Wildman–Crippen LogP) is 4.30. The van der Waals surface area contributed by atoms with Gasteiger partial charge in [-0.05, 0) is 39.0 Å². The van der Waals surface area contributed by atoms with E-state index in [0.29, 0.717) is 5.69 Å². The van der Waals surface area contributed by atoms with Gasteiger partial charge in [-0.15, -0.1) is 11.3 Å². The SMILES string of the molecule is CC(Nc1ccc(N(C)C(C)C)c(F)c1)c1cscn1. The minimum absolute atomic E-state index is 0.0642. The average molecular weight is 293 g/mol. The van der Waals surface area contributed by atoms with E-state index in [-0.39, 0.29) is 17.9 Å². The molecule has 1 aromatic carbocycles. The number of benzene rings is 1. The molecule has 0 aliphatic carbocycles. The van der Waals surface area contributed by atoms with Gasteiger partial charge in [0.15, 0.2) is 0 Å². The number of thiazole rings is 1. The first kappa shape index (κ1) is 14.8. The van der Waals surface area contributed by atoms with Crippen LogP contribution in [0.4, 0.5) is 15.8 Å². The molecule has 1 aromatic heterocycles. The number of aromatic nitrogens is 1. The molecular weight excluding hydrogens is 273 g/mol. The Morgan fingerprint density at radius 2 is 2.05 bits per heavy atom. The van der Waals surface area contributed by atoms with Crippen molar-refractivity contribution < 1.29 is 4.39 Å². The van der Waals surface area contributed by atoms with Crippen LogP contribution in [0.15, 0.2) is 29.1 Å². The maximum absolute atomic E-state index is 14.2. The molecular formula is C15H20FN3S. The number of hydrogen-bond acceptors (Lipinski definition) is 4. The highest BCUT2D eigenvalue weighted by Gasteiger charge is 2.12. The third-order valence-corrected chi connectivity index (χ3v) is 3.99. The summed E-state index contributed by atoms with van der Waals surface area (Å²) in [5.41, 5.74) is 4.16. The maximum atomic E-state index is 14.2. The van der Waals surface area contributed by atoms with E-state index in [0.717, 1.165) is 11.4 Å². The van der Waals surface area contributed by atoms with Crippen molar-refractivity contribution >= 4 is 22.7 Å². The van der Waals surface area contributed by atoms with Gasteiger partial charge in [0.25, 0.3) is 0 Å². The molecule has 0 bridgehead atoms. The molecule has 108 valence electrons. The Balaban J connectivity index is 2.13. The van der Waals surface area contributed by atoms with Crippen molar-refractivity contribution in [2.24, 2.45) is 0 Å². The van der Waals surface area contributed by atoms with Crippen LogP contribution in [0.1, 0.15) is 32.5 Å². The zero-order valence-corrected chi connectivity index (χ0v) is 13.0. The Bertz CT molecular complexity index is 554. The second-order valence-corrected chi connectivity index (χ2v) is 5.87. The van der Waals surface area contributed by atoms with Crippen LogP contribution in [-0.2, 0) is 0 Å². The van der Waals surface area contributed by atoms with Crippen molar-refractivity contribution in [2.75, 3.05) is 17.3 Å². The van der Waals surface area contributed by atoms with Crippen LogP contribution in [0, 0.1) is 5.82 Å². The van der Waals surface area contributed by atoms with Crippen molar-refractivity contribution in [1.82, 2.24) is 4.98 Å². The van der Waals surface area contributed by atoms with E-state index < -0.39 is 0 Å². The molecule has 1 unspecified atom stereocenters. The van der Waals surface area contributed by atoms with Crippen LogP contribution in [0.25, 0.3) is 0 Å². The van der Waals surface area contributed by atoms with Gasteiger partial charge in [0.05, 0.1) is 22.9 Å². The second kappa shape index (κ2) is 6.22. The lowest BCUT2D eigenvalue weighted by Gasteiger charge is -2.24. The minimum Gasteiger partial charge on any atom is -0.377 e. The van der Waals surface area contributed by atoms with Crippen LogP contribution >= 0.6 is 11.3 Å². The van der Waals surface area contributed by atoms with E-state index in [2.05, 4.69) is 10.3 Å². The number of nitrogens with one attached hydrogen (secondary N) is 1. The summed E-state index contributed by atoms with van der Waals surface area (Å²) >= 11 is 1.56. The van der Waals surface area contributed by atoms with Crippen LogP contribution in [-0.4, -0.2) is 18.1 Å². The number of anilines is 2. The van der Waals surface area contributed by atoms with E-state index in [1.807, 2.05) is 50.2 Å². The number of rotatable bonds is 5. The normalized spacial score (nSPS) is 12.5. The Kier molecular flexibility index (Phi) is 4.60. The van der Waals surface area contributed by atoms with Crippen molar-refractivity contribution in [2.45, 2.75) is 32.9 Å². The molecule has 3 nitrogen and oxygen atoms in total. The zero-order valence-electron chi connectivity index (χ0n) is 12.2. The summed E-state index contributed by atoms with van der Waals surface area (Å²) < 4.78 is 14.2. The third-order valence-electron chi connectivity index (χ3n) is 3.38. The summed E-state index contributed by atoms with van der Waals surface area (Å²) in [6.07, 6.45) is 0. The third kappa shape index (κ3) is 3.28. The molecule has 0 saturated carbocycles. The van der Waals surface area contributed by atoms with Gasteiger partial charge < -0.3 is 10.2 Å². The standard InChI is InChI=1S/C15H20FN3S/c1-10(2)19(4)15-6-5-12(7-13(15)16)18-11(3)14-8-20-9-17-14/h5-11,18H,1-4H3. The van der Waals surface area contributed by atoms with Gasteiger partial charge in [0, 0.05) is 24.2 Å². The molecule has 0 aliphatic rings. The fraction of sp³-hybridized carbons (Fsp3) is 0.400. The fourth-order valence-electron chi connectivity index (χ4n) is 1.92. The van der Waals surface area contributed by atoms with E-state index >= 15 is 0 Å². The minimum atomic E-state index is -0.211. The molecule has 0 amide bonds. The predicted molar refractivity (Wildman–Crippen MR) is 84.1 cm³/mol. The molecule has 20 heavy (non-hydrogen) atoms. The molecule has 1 N–H and O–H groups in total. The second-order valence-electron chi connectivity index (χ2n) is 5.15. The molecule has 2 aromatic rings. The highest BCUT2D eigenvalue weighted by atomic mass is 32.1. The molecule has 0 aliphatic heterocycles. The monoisotopic (exact) mass is 293 g/mol. The molecule has 1 atom stereocenters. The zero-order chi connectivity index (χ0) is 14.7. The quantitative estimate of drug-likeness (QED) is 0.891. The van der Waals surface area contributed by atoms with Gasteiger partial charge >= 0.3 is 0 Å². The molecule has 0 spiro atoms. The summed E-state index contributed by atoms with van der Waals surface area (Å²) in [6, 6.07) is 5.58. The van der Waals surface area contributed by atoms with Gasteiger partial charge in [-0.25, -0.2) is 9.37 Å². The number of nitrogens with zero attached hydrogens (tertiary/aromatic N) is 2. The molecule has 1 heterocycles. The first-order valence-corrected chi connectivity index (χ1v) is 7.60. The summed E-state index contributed by atoms with van der Waals surface area (Å²) in [6.45, 7) is 6.09. The van der Waals surface area contributed by atoms with Gasteiger partial charge in [-0.3, -0.25) is 0 Å². The van der Waals surface area contributed by atoms with Crippen LogP contribution in [0.3, 0.4) is 0 Å². The highest BCUT2D eigenvalue weighted by molar-refractivity contribution is 7.07. The van der Waals surface area contributed by atoms with Gasteiger partial charge in [-0.2, -0.15) is 0 Å². The summed E-state index contributed by atoms with van der Waals surface area (Å²) in [5, 5.41) is 5.26. The van der Waals surface area contributed by atoms with Crippen LogP contribution < -0.4 is 10.2 Å². The van der Waals surface area contributed by atoms with Crippen molar-refractivity contribution in [3.05, 3.63) is 40.6 Å². The lowest BCUT2D eigenvalue weighted by molar-refractivity contribution is 0.613. The summed E-state index contributed by atoms with van der Waals surface area (Å²) in [7, 11) is 1.90. The Labute approximate surface area is 123 Å². The lowest BCUT2D eigenvalue weighted by atomic mass is 10.2. The van der Waals surface area contributed by atoms with E-state index in [1.165, 1.54) is 6.07 Å². The van der Waals surface area contributed by atoms with Gasteiger partial charge in [0.2, 0.25) is 0 Å². The number of hydrogen-bond donors (Lipinski definition) is 1. The topological polar surface area (TPSA) is 28.2 Å². The van der Waals surface area contributed by atoms with E-state index in [9.17, 15) is 4.39 Å². The van der Waals surface area contributed by atoms with Crippen molar-refractivity contribution in [3.8, 4) is 0 Å². The number of halogens is 1. The summed E-state index contributed by atoms with van der Waals surface area (Å²) in [4.78, 5) is 6.18. The smallest absolute Gasteiger partial charge is 0.148 e.